The fraction of sp³-hybridized carbons (Fsp3) is 0.364. The Hall–Kier alpha value is -1.69. The molecule has 5 nitrogen and oxygen atoms in total. The zero-order valence-corrected chi connectivity index (χ0v) is 11.0. The number of ether oxygens (including phenoxy) is 1. The molecule has 0 aliphatic carbocycles. The molecule has 0 amide bonds. The minimum absolute atomic E-state index is 0.378. The van der Waals surface area contributed by atoms with Crippen LogP contribution in [0.2, 0.25) is 0 Å². The molecule has 2 heterocycles. The lowest BCUT2D eigenvalue weighted by Crippen LogP contribution is -2.06. The van der Waals surface area contributed by atoms with Gasteiger partial charge in [0, 0.05) is 19.8 Å². The molecule has 0 radical (unpaired) electrons. The van der Waals surface area contributed by atoms with Gasteiger partial charge in [0.05, 0.1) is 12.7 Å². The smallest absolute Gasteiger partial charge is 0.340 e. The number of imidazole rings is 1. The number of esters is 1. The van der Waals surface area contributed by atoms with Crippen LogP contribution in [0.5, 0.6) is 0 Å². The van der Waals surface area contributed by atoms with Crippen molar-refractivity contribution in [3.63, 3.8) is 0 Å². The molecular weight excluding hydrogens is 238 g/mol. The van der Waals surface area contributed by atoms with Crippen molar-refractivity contribution in [1.29, 1.82) is 0 Å². The van der Waals surface area contributed by atoms with Crippen LogP contribution in [0.15, 0.2) is 6.07 Å². The van der Waals surface area contributed by atoms with E-state index in [1.54, 1.807) is 15.2 Å². The van der Waals surface area contributed by atoms with Crippen molar-refractivity contribution in [2.45, 2.75) is 6.92 Å². The number of carbonyl (C=O) groups is 1. The first-order valence-electron chi connectivity index (χ1n) is 5.08. The van der Waals surface area contributed by atoms with Crippen molar-refractivity contribution in [2.75, 3.05) is 7.11 Å². The minimum Gasteiger partial charge on any atom is -0.465 e. The van der Waals surface area contributed by atoms with Gasteiger partial charge in [0.15, 0.2) is 10.4 Å². The highest BCUT2D eigenvalue weighted by Gasteiger charge is 2.17. The van der Waals surface area contributed by atoms with Gasteiger partial charge in [0.1, 0.15) is 5.52 Å². The quantitative estimate of drug-likeness (QED) is 0.572. The molecule has 17 heavy (non-hydrogen) atoms. The monoisotopic (exact) mass is 251 g/mol. The van der Waals surface area contributed by atoms with E-state index >= 15 is 0 Å². The molecule has 2 aromatic rings. The highest BCUT2D eigenvalue weighted by molar-refractivity contribution is 7.71. The molecule has 0 atom stereocenters. The van der Waals surface area contributed by atoms with Crippen molar-refractivity contribution < 1.29 is 9.53 Å². The fourth-order valence-electron chi connectivity index (χ4n) is 1.89. The molecule has 6 heteroatoms. The summed E-state index contributed by atoms with van der Waals surface area (Å²) in [6.07, 6.45) is 0. The molecule has 0 saturated carbocycles. The molecule has 0 unspecified atom stereocenters. The van der Waals surface area contributed by atoms with Crippen LogP contribution in [0.25, 0.3) is 11.2 Å². The van der Waals surface area contributed by atoms with Crippen LogP contribution in [0.4, 0.5) is 0 Å². The molecule has 0 N–H and O–H groups in total. The average Bonchev–Trinajstić information content (AvgIpc) is 2.53. The Morgan fingerprint density at radius 3 is 2.65 bits per heavy atom. The maximum absolute atomic E-state index is 11.7. The van der Waals surface area contributed by atoms with E-state index in [0.717, 1.165) is 5.69 Å². The first kappa shape index (κ1) is 11.8. The van der Waals surface area contributed by atoms with Crippen LogP contribution in [0.3, 0.4) is 0 Å². The highest BCUT2D eigenvalue weighted by atomic mass is 32.1. The van der Waals surface area contributed by atoms with Crippen LogP contribution in [-0.2, 0) is 18.8 Å². The maximum Gasteiger partial charge on any atom is 0.340 e. The second-order valence-corrected chi connectivity index (χ2v) is 4.24. The van der Waals surface area contributed by atoms with Crippen molar-refractivity contribution in [3.8, 4) is 0 Å². The van der Waals surface area contributed by atoms with Gasteiger partial charge in [-0.3, -0.25) is 0 Å². The van der Waals surface area contributed by atoms with Crippen molar-refractivity contribution in [1.82, 2.24) is 14.1 Å². The number of aryl methyl sites for hydroxylation is 3. The van der Waals surface area contributed by atoms with Gasteiger partial charge < -0.3 is 13.9 Å². The summed E-state index contributed by atoms with van der Waals surface area (Å²) in [5.41, 5.74) is 2.64. The molecule has 2 rings (SSSR count). The Labute approximate surface area is 104 Å². The lowest BCUT2D eigenvalue weighted by Gasteiger charge is -2.04. The van der Waals surface area contributed by atoms with Gasteiger partial charge in [-0.1, -0.05) is 0 Å². The number of fused-ring (bicyclic) bond motifs is 1. The van der Waals surface area contributed by atoms with Gasteiger partial charge in [0.25, 0.3) is 0 Å². The summed E-state index contributed by atoms with van der Waals surface area (Å²) >= 11 is 5.25. The molecule has 0 aliphatic heterocycles. The lowest BCUT2D eigenvalue weighted by atomic mass is 10.2. The topological polar surface area (TPSA) is 49.0 Å². The Morgan fingerprint density at radius 2 is 2.06 bits per heavy atom. The highest BCUT2D eigenvalue weighted by Crippen LogP contribution is 2.20. The Kier molecular flexibility index (Phi) is 2.74. The number of hydrogen-bond acceptors (Lipinski definition) is 4. The molecule has 0 aromatic carbocycles. The summed E-state index contributed by atoms with van der Waals surface area (Å²) in [7, 11) is 5.01. The number of aromatic nitrogens is 3. The van der Waals surface area contributed by atoms with E-state index in [2.05, 4.69) is 4.98 Å². The van der Waals surface area contributed by atoms with Crippen LogP contribution in [-0.4, -0.2) is 27.2 Å². The van der Waals surface area contributed by atoms with Crippen LogP contribution in [0, 0.1) is 11.7 Å². The van der Waals surface area contributed by atoms with Crippen molar-refractivity contribution >= 4 is 29.4 Å². The molecule has 0 fully saturated rings. The first-order valence-corrected chi connectivity index (χ1v) is 5.49. The van der Waals surface area contributed by atoms with Gasteiger partial charge in [-0.25, -0.2) is 9.78 Å². The molecule has 2 aromatic heterocycles. The maximum atomic E-state index is 11.7. The number of hydrogen-bond donors (Lipinski definition) is 0. The Bertz CT molecular complexity index is 669. The summed E-state index contributed by atoms with van der Waals surface area (Å²) in [6.45, 7) is 1.84. The fourth-order valence-corrected chi connectivity index (χ4v) is 2.07. The van der Waals surface area contributed by atoms with Crippen LogP contribution < -0.4 is 0 Å². The van der Waals surface area contributed by atoms with E-state index in [4.69, 9.17) is 17.0 Å². The minimum atomic E-state index is -0.378. The standard InChI is InChI=1S/C11H13N3O2S/c1-6-5-7(10(15)16-4)8-9(12-6)14(3)11(17)13(8)2/h5H,1-4H3. The third-order valence-corrected chi connectivity index (χ3v) is 3.28. The summed E-state index contributed by atoms with van der Waals surface area (Å²) in [6, 6.07) is 1.71. The van der Waals surface area contributed by atoms with Crippen molar-refractivity contribution in [3.05, 3.63) is 22.1 Å². The molecule has 90 valence electrons. The third-order valence-electron chi connectivity index (χ3n) is 2.73. The zero-order chi connectivity index (χ0) is 12.7. The van der Waals surface area contributed by atoms with E-state index < -0.39 is 0 Å². The zero-order valence-electron chi connectivity index (χ0n) is 10.1. The van der Waals surface area contributed by atoms with Gasteiger partial charge in [-0.2, -0.15) is 0 Å². The van der Waals surface area contributed by atoms with Crippen LogP contribution in [0.1, 0.15) is 16.1 Å². The number of rotatable bonds is 1. The van der Waals surface area contributed by atoms with E-state index in [1.165, 1.54) is 7.11 Å². The van der Waals surface area contributed by atoms with E-state index in [-0.39, 0.29) is 5.97 Å². The number of nitrogens with zero attached hydrogens (tertiary/aromatic N) is 3. The molecule has 0 aliphatic rings. The third kappa shape index (κ3) is 1.64. The van der Waals surface area contributed by atoms with Crippen LogP contribution >= 0.6 is 12.2 Å². The number of carbonyl (C=O) groups excluding carboxylic acids is 1. The molecule has 0 spiro atoms. The van der Waals surface area contributed by atoms with Crippen molar-refractivity contribution in [2.24, 2.45) is 14.1 Å². The molecular formula is C11H13N3O2S. The van der Waals surface area contributed by atoms with E-state index in [1.807, 2.05) is 21.0 Å². The number of pyridine rings is 1. The molecule has 0 saturated heterocycles. The number of methoxy groups -OCH3 is 1. The second-order valence-electron chi connectivity index (χ2n) is 3.88. The summed E-state index contributed by atoms with van der Waals surface area (Å²) < 4.78 is 8.94. The van der Waals surface area contributed by atoms with Gasteiger partial charge in [0.2, 0.25) is 0 Å². The summed E-state index contributed by atoms with van der Waals surface area (Å²) in [5.74, 6) is -0.378. The first-order chi connectivity index (χ1) is 7.97. The van der Waals surface area contributed by atoms with Gasteiger partial charge in [-0.15, -0.1) is 0 Å². The normalized spacial score (nSPS) is 10.8. The lowest BCUT2D eigenvalue weighted by molar-refractivity contribution is 0.0602. The SMILES string of the molecule is COC(=O)c1cc(C)nc2c1n(C)c(=S)n2C. The van der Waals surface area contributed by atoms with Gasteiger partial charge in [-0.05, 0) is 25.2 Å². The predicted octanol–water partition coefficient (Wildman–Crippen LogP) is 1.74. The van der Waals surface area contributed by atoms with E-state index in [0.29, 0.717) is 21.5 Å². The second kappa shape index (κ2) is 3.96. The van der Waals surface area contributed by atoms with Gasteiger partial charge >= 0.3 is 5.97 Å². The predicted molar refractivity (Wildman–Crippen MR) is 66.6 cm³/mol. The Balaban J connectivity index is 2.98. The molecule has 0 bridgehead atoms. The van der Waals surface area contributed by atoms with E-state index in [9.17, 15) is 4.79 Å². The average molecular weight is 251 g/mol. The largest absolute Gasteiger partial charge is 0.465 e. The summed E-state index contributed by atoms with van der Waals surface area (Å²) in [5, 5.41) is 0. The Morgan fingerprint density at radius 1 is 1.41 bits per heavy atom. The summed E-state index contributed by atoms with van der Waals surface area (Å²) in [4.78, 5) is 16.1.